The molecule has 0 aromatic heterocycles. The molecular weight excluding hydrogens is 230 g/mol. The predicted octanol–water partition coefficient (Wildman–Crippen LogP) is 0.760. The van der Waals surface area contributed by atoms with Gasteiger partial charge in [-0.3, -0.25) is 9.59 Å². The standard InChI is InChI=1S/C13H25N3O2/c1-2-5-10(14)8-13(18)16(9-12(15)17)11-6-3-4-7-11/h10-11H,2-9,14H2,1H3,(H2,15,17). The second-order valence-electron chi connectivity index (χ2n) is 5.18. The van der Waals surface area contributed by atoms with E-state index in [1.807, 2.05) is 6.92 Å². The van der Waals surface area contributed by atoms with Crippen LogP contribution in [0.1, 0.15) is 51.9 Å². The zero-order valence-corrected chi connectivity index (χ0v) is 11.2. The molecule has 1 aliphatic carbocycles. The number of nitrogens with zero attached hydrogens (tertiary/aromatic N) is 1. The summed E-state index contributed by atoms with van der Waals surface area (Å²) in [5, 5.41) is 0. The molecule has 104 valence electrons. The van der Waals surface area contributed by atoms with Gasteiger partial charge >= 0.3 is 0 Å². The second-order valence-corrected chi connectivity index (χ2v) is 5.18. The number of carbonyl (C=O) groups excluding carboxylic acids is 2. The lowest BCUT2D eigenvalue weighted by Crippen LogP contribution is -2.45. The van der Waals surface area contributed by atoms with E-state index in [9.17, 15) is 9.59 Å². The molecule has 5 heteroatoms. The zero-order valence-electron chi connectivity index (χ0n) is 11.2. The summed E-state index contributed by atoms with van der Waals surface area (Å²) in [6, 6.07) is 0.0677. The maximum Gasteiger partial charge on any atom is 0.237 e. The summed E-state index contributed by atoms with van der Waals surface area (Å²) in [7, 11) is 0. The Morgan fingerprint density at radius 3 is 2.44 bits per heavy atom. The summed E-state index contributed by atoms with van der Waals surface area (Å²) in [6.45, 7) is 2.07. The number of amides is 2. The normalized spacial score (nSPS) is 17.7. The Kier molecular flexibility index (Phi) is 6.12. The average Bonchev–Trinajstić information content (AvgIpc) is 2.78. The minimum absolute atomic E-state index is 0.0262. The number of hydrogen-bond acceptors (Lipinski definition) is 3. The quantitative estimate of drug-likeness (QED) is 0.703. The molecule has 1 aliphatic rings. The maximum atomic E-state index is 12.2. The van der Waals surface area contributed by atoms with Crippen LogP contribution in [0.15, 0.2) is 0 Å². The van der Waals surface area contributed by atoms with Crippen molar-refractivity contribution in [2.45, 2.75) is 64.0 Å². The Hall–Kier alpha value is -1.10. The highest BCUT2D eigenvalue weighted by atomic mass is 16.2. The fraction of sp³-hybridized carbons (Fsp3) is 0.846. The molecule has 0 aromatic rings. The molecule has 0 heterocycles. The summed E-state index contributed by atoms with van der Waals surface area (Å²) in [5.41, 5.74) is 11.1. The summed E-state index contributed by atoms with van der Waals surface area (Å²) in [4.78, 5) is 24.9. The molecule has 1 unspecified atom stereocenters. The second kappa shape index (κ2) is 7.36. The molecular formula is C13H25N3O2. The average molecular weight is 255 g/mol. The van der Waals surface area contributed by atoms with E-state index in [0.717, 1.165) is 38.5 Å². The monoisotopic (exact) mass is 255 g/mol. The van der Waals surface area contributed by atoms with Crippen molar-refractivity contribution in [3.8, 4) is 0 Å². The predicted molar refractivity (Wildman–Crippen MR) is 70.7 cm³/mol. The molecule has 0 saturated heterocycles. The lowest BCUT2D eigenvalue weighted by molar-refractivity contribution is -0.137. The lowest BCUT2D eigenvalue weighted by Gasteiger charge is -2.28. The van der Waals surface area contributed by atoms with Crippen molar-refractivity contribution in [1.82, 2.24) is 4.90 Å². The van der Waals surface area contributed by atoms with E-state index in [1.54, 1.807) is 4.90 Å². The highest BCUT2D eigenvalue weighted by Crippen LogP contribution is 2.24. The first-order valence-electron chi connectivity index (χ1n) is 6.88. The first-order valence-corrected chi connectivity index (χ1v) is 6.88. The van der Waals surface area contributed by atoms with Crippen LogP contribution >= 0.6 is 0 Å². The van der Waals surface area contributed by atoms with Crippen molar-refractivity contribution in [1.29, 1.82) is 0 Å². The van der Waals surface area contributed by atoms with E-state index < -0.39 is 5.91 Å². The Bertz CT molecular complexity index is 288. The van der Waals surface area contributed by atoms with E-state index in [1.165, 1.54) is 0 Å². The summed E-state index contributed by atoms with van der Waals surface area (Å²) >= 11 is 0. The van der Waals surface area contributed by atoms with Crippen LogP contribution in [-0.2, 0) is 9.59 Å². The Labute approximate surface area is 109 Å². The summed E-state index contributed by atoms with van der Waals surface area (Å²) in [6.07, 6.45) is 6.30. The van der Waals surface area contributed by atoms with Crippen molar-refractivity contribution in [2.75, 3.05) is 6.54 Å². The SMILES string of the molecule is CCCC(N)CC(=O)N(CC(N)=O)C1CCCC1. The van der Waals surface area contributed by atoms with Crippen molar-refractivity contribution in [2.24, 2.45) is 11.5 Å². The molecule has 18 heavy (non-hydrogen) atoms. The molecule has 2 amide bonds. The maximum absolute atomic E-state index is 12.2. The molecule has 1 fully saturated rings. The van der Waals surface area contributed by atoms with Crippen LogP contribution in [0.3, 0.4) is 0 Å². The first-order chi connectivity index (χ1) is 8.54. The fourth-order valence-corrected chi connectivity index (χ4v) is 2.62. The molecule has 1 saturated carbocycles. The van der Waals surface area contributed by atoms with Crippen LogP contribution in [0.4, 0.5) is 0 Å². The Balaban J connectivity index is 2.57. The van der Waals surface area contributed by atoms with E-state index in [0.29, 0.717) is 6.42 Å². The molecule has 1 rings (SSSR count). The topological polar surface area (TPSA) is 89.4 Å². The molecule has 0 bridgehead atoms. The van der Waals surface area contributed by atoms with Gasteiger partial charge in [0.05, 0.1) is 6.54 Å². The third kappa shape index (κ3) is 4.64. The van der Waals surface area contributed by atoms with E-state index in [4.69, 9.17) is 11.5 Å². The number of nitrogens with two attached hydrogens (primary N) is 2. The minimum Gasteiger partial charge on any atom is -0.368 e. The molecule has 5 nitrogen and oxygen atoms in total. The van der Waals surface area contributed by atoms with Gasteiger partial charge in [0.25, 0.3) is 0 Å². The smallest absolute Gasteiger partial charge is 0.237 e. The fourth-order valence-electron chi connectivity index (χ4n) is 2.62. The van der Waals surface area contributed by atoms with Gasteiger partial charge < -0.3 is 16.4 Å². The number of primary amides is 1. The third-order valence-corrected chi connectivity index (χ3v) is 3.51. The van der Waals surface area contributed by atoms with E-state index in [-0.39, 0.29) is 24.5 Å². The lowest BCUT2D eigenvalue weighted by atomic mass is 10.1. The van der Waals surface area contributed by atoms with Gasteiger partial charge in [-0.05, 0) is 19.3 Å². The Morgan fingerprint density at radius 2 is 1.94 bits per heavy atom. The number of rotatable bonds is 7. The molecule has 0 aromatic carbocycles. The van der Waals surface area contributed by atoms with E-state index >= 15 is 0 Å². The third-order valence-electron chi connectivity index (χ3n) is 3.51. The van der Waals surface area contributed by atoms with Crippen molar-refractivity contribution in [3.63, 3.8) is 0 Å². The van der Waals surface area contributed by atoms with Gasteiger partial charge in [0.1, 0.15) is 0 Å². The molecule has 0 aliphatic heterocycles. The number of hydrogen-bond donors (Lipinski definition) is 2. The van der Waals surface area contributed by atoms with Gasteiger partial charge in [0.2, 0.25) is 11.8 Å². The highest BCUT2D eigenvalue weighted by molar-refractivity contribution is 5.84. The minimum atomic E-state index is -0.445. The van der Waals surface area contributed by atoms with Crippen LogP contribution in [-0.4, -0.2) is 35.3 Å². The van der Waals surface area contributed by atoms with Crippen molar-refractivity contribution >= 4 is 11.8 Å². The largest absolute Gasteiger partial charge is 0.368 e. The van der Waals surface area contributed by atoms with Gasteiger partial charge in [-0.2, -0.15) is 0 Å². The molecule has 0 spiro atoms. The van der Waals surface area contributed by atoms with Gasteiger partial charge in [-0.25, -0.2) is 0 Å². The molecule has 0 radical (unpaired) electrons. The van der Waals surface area contributed by atoms with Gasteiger partial charge in [0.15, 0.2) is 0 Å². The summed E-state index contributed by atoms with van der Waals surface area (Å²) < 4.78 is 0. The number of carbonyl (C=O) groups is 2. The molecule has 1 atom stereocenters. The van der Waals surface area contributed by atoms with Crippen LogP contribution in [0, 0.1) is 0 Å². The van der Waals surface area contributed by atoms with Crippen LogP contribution in [0.5, 0.6) is 0 Å². The molecule has 4 N–H and O–H groups in total. The first kappa shape index (κ1) is 15.0. The Morgan fingerprint density at radius 1 is 1.33 bits per heavy atom. The van der Waals surface area contributed by atoms with Gasteiger partial charge in [-0.15, -0.1) is 0 Å². The van der Waals surface area contributed by atoms with Gasteiger partial charge in [0, 0.05) is 18.5 Å². The zero-order chi connectivity index (χ0) is 13.5. The van der Waals surface area contributed by atoms with Crippen LogP contribution < -0.4 is 11.5 Å². The van der Waals surface area contributed by atoms with Crippen molar-refractivity contribution < 1.29 is 9.59 Å². The van der Waals surface area contributed by atoms with E-state index in [2.05, 4.69) is 0 Å². The van der Waals surface area contributed by atoms with Crippen LogP contribution in [0.25, 0.3) is 0 Å². The van der Waals surface area contributed by atoms with Gasteiger partial charge in [-0.1, -0.05) is 26.2 Å². The highest BCUT2D eigenvalue weighted by Gasteiger charge is 2.28. The van der Waals surface area contributed by atoms with Crippen LogP contribution in [0.2, 0.25) is 0 Å². The summed E-state index contributed by atoms with van der Waals surface area (Å²) in [5.74, 6) is -0.471. The van der Waals surface area contributed by atoms with Crippen molar-refractivity contribution in [3.05, 3.63) is 0 Å².